The van der Waals surface area contributed by atoms with Crippen molar-refractivity contribution in [2.24, 2.45) is 5.92 Å². The van der Waals surface area contributed by atoms with Gasteiger partial charge in [-0.25, -0.2) is 0 Å². The van der Waals surface area contributed by atoms with Gasteiger partial charge in [-0.05, 0) is 38.3 Å². The third-order valence-electron chi connectivity index (χ3n) is 5.29. The highest BCUT2D eigenvalue weighted by atomic mass is 14.8. The zero-order valence-corrected chi connectivity index (χ0v) is 17.5. The van der Waals surface area contributed by atoms with Crippen molar-refractivity contribution in [1.82, 2.24) is 5.32 Å². The van der Waals surface area contributed by atoms with Gasteiger partial charge in [-0.2, -0.15) is 0 Å². The molecule has 0 aliphatic rings. The lowest BCUT2D eigenvalue weighted by Gasteiger charge is -2.17. The largest absolute Gasteiger partial charge is 0.316 e. The van der Waals surface area contributed by atoms with Crippen LogP contribution in [-0.4, -0.2) is 13.1 Å². The summed E-state index contributed by atoms with van der Waals surface area (Å²) in [5.41, 5.74) is 0. The van der Waals surface area contributed by atoms with E-state index in [2.05, 4.69) is 26.1 Å². The Labute approximate surface area is 154 Å². The van der Waals surface area contributed by atoms with E-state index in [1.54, 1.807) is 0 Å². The maximum atomic E-state index is 3.67. The average molecular weight is 340 g/mol. The Morgan fingerprint density at radius 3 is 1.33 bits per heavy atom. The molecular formula is C23H49N. The Balaban J connectivity index is 3.63. The summed E-state index contributed by atoms with van der Waals surface area (Å²) in [6, 6.07) is 0. The van der Waals surface area contributed by atoms with Crippen molar-refractivity contribution in [1.29, 1.82) is 0 Å². The van der Waals surface area contributed by atoms with E-state index in [0.717, 1.165) is 5.92 Å². The van der Waals surface area contributed by atoms with Gasteiger partial charge in [0.15, 0.2) is 0 Å². The first-order chi connectivity index (χ1) is 11.8. The number of hydrogen-bond acceptors (Lipinski definition) is 1. The molecule has 0 aromatic carbocycles. The normalized spacial score (nSPS) is 12.6. The molecule has 146 valence electrons. The molecule has 0 heterocycles. The smallest absolute Gasteiger partial charge is 0.00205 e. The van der Waals surface area contributed by atoms with Gasteiger partial charge in [-0.15, -0.1) is 0 Å². The first kappa shape index (κ1) is 24.0. The average Bonchev–Trinajstić information content (AvgIpc) is 2.59. The van der Waals surface area contributed by atoms with E-state index >= 15 is 0 Å². The van der Waals surface area contributed by atoms with Gasteiger partial charge in [0.2, 0.25) is 0 Å². The minimum atomic E-state index is 0.933. The number of unbranched alkanes of at least 4 members (excludes halogenated alkanes) is 12. The Bertz CT molecular complexity index is 214. The van der Waals surface area contributed by atoms with Crippen molar-refractivity contribution in [3.63, 3.8) is 0 Å². The molecule has 0 aliphatic carbocycles. The van der Waals surface area contributed by atoms with Gasteiger partial charge in [0, 0.05) is 0 Å². The van der Waals surface area contributed by atoms with Gasteiger partial charge in [-0.3, -0.25) is 0 Å². The molecule has 0 amide bonds. The van der Waals surface area contributed by atoms with Gasteiger partial charge >= 0.3 is 0 Å². The van der Waals surface area contributed by atoms with Crippen LogP contribution in [0, 0.1) is 5.92 Å². The monoisotopic (exact) mass is 339 g/mol. The summed E-state index contributed by atoms with van der Waals surface area (Å²) in [5, 5.41) is 3.67. The Hall–Kier alpha value is -0.0400. The van der Waals surface area contributed by atoms with Crippen LogP contribution in [0.5, 0.6) is 0 Å². The molecule has 0 radical (unpaired) electrons. The van der Waals surface area contributed by atoms with E-state index < -0.39 is 0 Å². The van der Waals surface area contributed by atoms with Gasteiger partial charge in [-0.1, -0.05) is 111 Å². The van der Waals surface area contributed by atoms with E-state index in [1.807, 2.05) is 0 Å². The Kier molecular flexibility index (Phi) is 21.0. The molecule has 1 heteroatoms. The Morgan fingerprint density at radius 2 is 0.917 bits per heavy atom. The second-order valence-corrected chi connectivity index (χ2v) is 7.89. The fourth-order valence-electron chi connectivity index (χ4n) is 3.61. The van der Waals surface area contributed by atoms with E-state index in [4.69, 9.17) is 0 Å². The summed E-state index contributed by atoms with van der Waals surface area (Å²) in [6.45, 7) is 9.34. The molecule has 0 fully saturated rings. The third kappa shape index (κ3) is 18.3. The fourth-order valence-corrected chi connectivity index (χ4v) is 3.61. The first-order valence-electron chi connectivity index (χ1n) is 11.6. The summed E-state index contributed by atoms with van der Waals surface area (Å²) >= 11 is 0. The second-order valence-electron chi connectivity index (χ2n) is 7.89. The SMILES string of the molecule is CCCCCCCCCCC(CCCCCCCC)CNCCC. The van der Waals surface area contributed by atoms with Crippen molar-refractivity contribution in [3.05, 3.63) is 0 Å². The molecule has 0 aromatic heterocycles. The highest BCUT2D eigenvalue weighted by Crippen LogP contribution is 2.19. The highest BCUT2D eigenvalue weighted by Gasteiger charge is 2.08. The van der Waals surface area contributed by atoms with Crippen molar-refractivity contribution in [3.8, 4) is 0 Å². The maximum Gasteiger partial charge on any atom is -0.00205 e. The van der Waals surface area contributed by atoms with Crippen molar-refractivity contribution >= 4 is 0 Å². The minimum Gasteiger partial charge on any atom is -0.316 e. The number of rotatable bonds is 20. The van der Waals surface area contributed by atoms with Crippen molar-refractivity contribution in [2.75, 3.05) is 13.1 Å². The molecule has 0 saturated heterocycles. The number of nitrogens with one attached hydrogen (secondary N) is 1. The summed E-state index contributed by atoms with van der Waals surface area (Å²) in [5.74, 6) is 0.933. The quantitative estimate of drug-likeness (QED) is 0.222. The van der Waals surface area contributed by atoms with Gasteiger partial charge in [0.05, 0.1) is 0 Å². The van der Waals surface area contributed by atoms with Crippen LogP contribution in [0.2, 0.25) is 0 Å². The molecule has 1 nitrogen and oxygen atoms in total. The summed E-state index contributed by atoms with van der Waals surface area (Å²) < 4.78 is 0. The lowest BCUT2D eigenvalue weighted by atomic mass is 9.94. The summed E-state index contributed by atoms with van der Waals surface area (Å²) in [6.07, 6.45) is 24.4. The third-order valence-corrected chi connectivity index (χ3v) is 5.29. The molecule has 0 aliphatic heterocycles. The summed E-state index contributed by atoms with van der Waals surface area (Å²) in [7, 11) is 0. The van der Waals surface area contributed by atoms with E-state index in [0.29, 0.717) is 0 Å². The van der Waals surface area contributed by atoms with Crippen LogP contribution in [0.1, 0.15) is 130 Å². The van der Waals surface area contributed by atoms with Crippen molar-refractivity contribution in [2.45, 2.75) is 130 Å². The van der Waals surface area contributed by atoms with Gasteiger partial charge < -0.3 is 5.32 Å². The van der Waals surface area contributed by atoms with Crippen LogP contribution in [0.4, 0.5) is 0 Å². The van der Waals surface area contributed by atoms with E-state index in [9.17, 15) is 0 Å². The van der Waals surface area contributed by atoms with Crippen LogP contribution in [0.15, 0.2) is 0 Å². The van der Waals surface area contributed by atoms with Crippen LogP contribution in [0.25, 0.3) is 0 Å². The Morgan fingerprint density at radius 1 is 0.500 bits per heavy atom. The lowest BCUT2D eigenvalue weighted by Crippen LogP contribution is -2.23. The molecule has 1 N–H and O–H groups in total. The van der Waals surface area contributed by atoms with Crippen LogP contribution in [-0.2, 0) is 0 Å². The molecule has 0 spiro atoms. The van der Waals surface area contributed by atoms with Crippen LogP contribution in [0.3, 0.4) is 0 Å². The molecular weight excluding hydrogens is 290 g/mol. The van der Waals surface area contributed by atoms with Gasteiger partial charge in [0.1, 0.15) is 0 Å². The molecule has 0 aromatic rings. The second kappa shape index (κ2) is 21.0. The van der Waals surface area contributed by atoms with E-state index in [1.165, 1.54) is 122 Å². The van der Waals surface area contributed by atoms with Gasteiger partial charge in [0.25, 0.3) is 0 Å². The van der Waals surface area contributed by atoms with Crippen molar-refractivity contribution < 1.29 is 0 Å². The predicted octanol–water partition coefficient (Wildman–Crippen LogP) is 7.88. The molecule has 0 bridgehead atoms. The zero-order chi connectivity index (χ0) is 17.7. The zero-order valence-electron chi connectivity index (χ0n) is 17.5. The molecule has 0 saturated carbocycles. The molecule has 1 unspecified atom stereocenters. The lowest BCUT2D eigenvalue weighted by molar-refractivity contribution is 0.382. The molecule has 1 atom stereocenters. The summed E-state index contributed by atoms with van der Waals surface area (Å²) in [4.78, 5) is 0. The topological polar surface area (TPSA) is 12.0 Å². The first-order valence-corrected chi connectivity index (χ1v) is 11.6. The van der Waals surface area contributed by atoms with E-state index in [-0.39, 0.29) is 0 Å². The molecule has 24 heavy (non-hydrogen) atoms. The fraction of sp³-hybridized carbons (Fsp3) is 1.00. The maximum absolute atomic E-state index is 3.67. The van der Waals surface area contributed by atoms with Crippen LogP contribution < -0.4 is 5.32 Å². The number of hydrogen-bond donors (Lipinski definition) is 1. The molecule has 0 rings (SSSR count). The van der Waals surface area contributed by atoms with Crippen LogP contribution >= 0.6 is 0 Å². The standard InChI is InChI=1S/C23H49N/c1-4-7-9-11-13-14-16-18-20-23(22-24-21-6-3)19-17-15-12-10-8-5-2/h23-24H,4-22H2,1-3H3. The highest BCUT2D eigenvalue weighted by molar-refractivity contribution is 4.64. The predicted molar refractivity (Wildman–Crippen MR) is 112 cm³/mol. The minimum absolute atomic E-state index is 0.933.